The smallest absolute Gasteiger partial charge is 0.164 e. The van der Waals surface area contributed by atoms with Crippen LogP contribution >= 0.6 is 11.3 Å². The number of benzene rings is 6. The van der Waals surface area contributed by atoms with Gasteiger partial charge in [0.1, 0.15) is 0 Å². The normalized spacial score (nSPS) is 14.7. The van der Waals surface area contributed by atoms with Gasteiger partial charge in [-0.15, -0.1) is 11.3 Å². The molecule has 2 heterocycles. The molecule has 0 unspecified atom stereocenters. The molecule has 4 nitrogen and oxygen atoms in total. The predicted octanol–water partition coefficient (Wildman–Crippen LogP) is 11.5. The fourth-order valence-electron chi connectivity index (χ4n) is 8.36. The maximum Gasteiger partial charge on any atom is 0.164 e. The highest BCUT2D eigenvalue weighted by molar-refractivity contribution is 7.25. The van der Waals surface area contributed by atoms with Gasteiger partial charge in [0, 0.05) is 42.3 Å². The van der Waals surface area contributed by atoms with Crippen LogP contribution in [0, 0.1) is 11.3 Å². The largest absolute Gasteiger partial charge is 0.208 e. The van der Waals surface area contributed by atoms with Crippen LogP contribution in [0.1, 0.15) is 48.8 Å². The van der Waals surface area contributed by atoms with Crippen LogP contribution in [0.15, 0.2) is 121 Å². The molecule has 232 valence electrons. The van der Waals surface area contributed by atoms with Crippen LogP contribution in [0.5, 0.6) is 0 Å². The van der Waals surface area contributed by atoms with Crippen LogP contribution < -0.4 is 0 Å². The van der Waals surface area contributed by atoms with Gasteiger partial charge in [0.15, 0.2) is 17.5 Å². The molecule has 0 saturated heterocycles. The lowest BCUT2D eigenvalue weighted by molar-refractivity contribution is 0.353. The Hall–Kier alpha value is -5.70. The van der Waals surface area contributed by atoms with E-state index in [9.17, 15) is 5.26 Å². The van der Waals surface area contributed by atoms with Crippen LogP contribution in [0.4, 0.5) is 0 Å². The number of thiophene rings is 1. The molecule has 0 amide bonds. The first-order chi connectivity index (χ1) is 24.2. The van der Waals surface area contributed by atoms with Crippen LogP contribution in [0.3, 0.4) is 0 Å². The molecule has 2 aliphatic carbocycles. The van der Waals surface area contributed by atoms with E-state index in [1.165, 1.54) is 67.1 Å². The van der Waals surface area contributed by atoms with Gasteiger partial charge >= 0.3 is 0 Å². The number of hydrogen-bond donors (Lipinski definition) is 0. The molecule has 8 aromatic rings. The van der Waals surface area contributed by atoms with E-state index in [2.05, 4.69) is 121 Å². The Morgan fingerprint density at radius 3 is 2.02 bits per heavy atom. The first kappa shape index (κ1) is 28.3. The van der Waals surface area contributed by atoms with E-state index >= 15 is 0 Å². The molecule has 0 bridgehead atoms. The van der Waals surface area contributed by atoms with Crippen molar-refractivity contribution in [2.75, 3.05) is 0 Å². The Labute approximate surface area is 288 Å². The summed E-state index contributed by atoms with van der Waals surface area (Å²) in [6.07, 6.45) is 5.89. The summed E-state index contributed by atoms with van der Waals surface area (Å²) in [6, 6.07) is 45.4. The van der Waals surface area contributed by atoms with Crippen molar-refractivity contribution in [3.8, 4) is 51.4 Å². The second-order valence-corrected chi connectivity index (χ2v) is 14.5. The zero-order valence-electron chi connectivity index (χ0n) is 26.8. The predicted molar refractivity (Wildman–Crippen MR) is 201 cm³/mol. The molecule has 0 N–H and O–H groups in total. The molecule has 6 aromatic carbocycles. The SMILES string of the molecule is N#Cc1ccc2c(c1)-c1ccc(-c3nc(-c4ccc5ccccc5c4)nc(-c4ccc5c(c4)sc4ccccc45)n3)cc1C21CCCCC1. The molecular formula is C44H30N4S. The van der Waals surface area contributed by atoms with Gasteiger partial charge < -0.3 is 0 Å². The summed E-state index contributed by atoms with van der Waals surface area (Å²) in [7, 11) is 0. The van der Waals surface area contributed by atoms with E-state index < -0.39 is 0 Å². The van der Waals surface area contributed by atoms with Crippen LogP contribution in [0.2, 0.25) is 0 Å². The van der Waals surface area contributed by atoms with Crippen LogP contribution in [-0.4, -0.2) is 15.0 Å². The summed E-state index contributed by atoms with van der Waals surface area (Å²) in [5, 5.41) is 14.6. The fraction of sp³-hybridized carbons (Fsp3) is 0.136. The fourth-order valence-corrected chi connectivity index (χ4v) is 9.51. The monoisotopic (exact) mass is 646 g/mol. The van der Waals surface area contributed by atoms with E-state index in [-0.39, 0.29) is 5.41 Å². The van der Waals surface area contributed by atoms with Gasteiger partial charge in [-0.05, 0) is 82.3 Å². The second-order valence-electron chi connectivity index (χ2n) is 13.5. The lowest BCUT2D eigenvalue weighted by Crippen LogP contribution is -2.28. The molecular weight excluding hydrogens is 617 g/mol. The minimum atomic E-state index is -0.0455. The molecule has 2 aliphatic rings. The van der Waals surface area contributed by atoms with Gasteiger partial charge in [-0.1, -0.05) is 104 Å². The summed E-state index contributed by atoms with van der Waals surface area (Å²) in [4.78, 5) is 15.5. The van der Waals surface area contributed by atoms with Crippen molar-refractivity contribution >= 4 is 42.3 Å². The highest BCUT2D eigenvalue weighted by Crippen LogP contribution is 2.56. The van der Waals surface area contributed by atoms with Crippen molar-refractivity contribution in [1.29, 1.82) is 5.26 Å². The lowest BCUT2D eigenvalue weighted by atomic mass is 9.67. The summed E-state index contributed by atoms with van der Waals surface area (Å²) >= 11 is 1.80. The number of hydrogen-bond acceptors (Lipinski definition) is 5. The number of aromatic nitrogens is 3. The zero-order valence-corrected chi connectivity index (χ0v) is 27.6. The van der Waals surface area contributed by atoms with Crippen molar-refractivity contribution in [2.24, 2.45) is 0 Å². The Kier molecular flexibility index (Phi) is 6.31. The molecule has 0 atom stereocenters. The van der Waals surface area contributed by atoms with E-state index in [0.29, 0.717) is 23.0 Å². The summed E-state index contributed by atoms with van der Waals surface area (Å²) in [5.74, 6) is 2.01. The molecule has 49 heavy (non-hydrogen) atoms. The summed E-state index contributed by atoms with van der Waals surface area (Å²) in [6.45, 7) is 0. The van der Waals surface area contributed by atoms with Gasteiger partial charge in [0.2, 0.25) is 0 Å². The third kappa shape index (κ3) is 4.45. The van der Waals surface area contributed by atoms with Gasteiger partial charge in [0.25, 0.3) is 0 Å². The van der Waals surface area contributed by atoms with Crippen molar-refractivity contribution in [3.05, 3.63) is 138 Å². The van der Waals surface area contributed by atoms with E-state index in [1.54, 1.807) is 11.3 Å². The zero-order chi connectivity index (χ0) is 32.5. The van der Waals surface area contributed by atoms with Crippen molar-refractivity contribution in [3.63, 3.8) is 0 Å². The molecule has 2 aromatic heterocycles. The Balaban J connectivity index is 1.17. The Morgan fingerprint density at radius 2 is 1.20 bits per heavy atom. The van der Waals surface area contributed by atoms with Gasteiger partial charge in [0.05, 0.1) is 11.6 Å². The molecule has 1 spiro atoms. The minimum absolute atomic E-state index is 0.0455. The molecule has 5 heteroatoms. The number of fused-ring (bicyclic) bond motifs is 9. The third-order valence-electron chi connectivity index (χ3n) is 10.7. The van der Waals surface area contributed by atoms with Crippen LogP contribution in [0.25, 0.3) is 76.2 Å². The Morgan fingerprint density at radius 1 is 0.531 bits per heavy atom. The lowest BCUT2D eigenvalue weighted by Gasteiger charge is -2.36. The minimum Gasteiger partial charge on any atom is -0.208 e. The van der Waals surface area contributed by atoms with Crippen LogP contribution in [-0.2, 0) is 5.41 Å². The standard InChI is InChI=1S/C44H30N4S/c45-26-27-12-19-37-36(22-27)33-17-15-31(24-38(33)44(37)20-6-1-7-21-44)42-46-41(30-14-13-28-8-2-3-9-29(28)23-30)47-43(48-42)32-16-18-35-34-10-4-5-11-39(34)49-40(35)25-32/h2-5,8-19,22-25H,1,6-7,20-21H2. The number of nitrogens with zero attached hydrogens (tertiary/aromatic N) is 4. The van der Waals surface area contributed by atoms with Crippen molar-refractivity contribution in [1.82, 2.24) is 15.0 Å². The number of nitriles is 1. The van der Waals surface area contributed by atoms with Crippen molar-refractivity contribution < 1.29 is 0 Å². The maximum absolute atomic E-state index is 9.73. The first-order valence-corrected chi connectivity index (χ1v) is 17.9. The van der Waals surface area contributed by atoms with E-state index in [1.807, 2.05) is 6.07 Å². The molecule has 0 radical (unpaired) electrons. The van der Waals surface area contributed by atoms with E-state index in [4.69, 9.17) is 15.0 Å². The maximum atomic E-state index is 9.73. The van der Waals surface area contributed by atoms with E-state index in [0.717, 1.165) is 34.9 Å². The van der Waals surface area contributed by atoms with Gasteiger partial charge in [-0.2, -0.15) is 5.26 Å². The topological polar surface area (TPSA) is 62.5 Å². The summed E-state index contributed by atoms with van der Waals surface area (Å²) < 4.78 is 2.50. The summed E-state index contributed by atoms with van der Waals surface area (Å²) in [5.41, 5.74) is 8.74. The first-order valence-electron chi connectivity index (χ1n) is 17.0. The number of rotatable bonds is 3. The van der Waals surface area contributed by atoms with Crippen molar-refractivity contribution in [2.45, 2.75) is 37.5 Å². The van der Waals surface area contributed by atoms with Gasteiger partial charge in [-0.25, -0.2) is 15.0 Å². The van der Waals surface area contributed by atoms with Gasteiger partial charge in [-0.3, -0.25) is 0 Å². The quantitative estimate of drug-likeness (QED) is 0.192. The molecule has 10 rings (SSSR count). The molecule has 1 saturated carbocycles. The average Bonchev–Trinajstić information content (AvgIpc) is 3.66. The highest BCUT2D eigenvalue weighted by Gasteiger charge is 2.44. The molecule has 1 fully saturated rings. The highest BCUT2D eigenvalue weighted by atomic mass is 32.1. The third-order valence-corrected chi connectivity index (χ3v) is 11.9. The Bertz CT molecular complexity index is 2670. The second kappa shape index (κ2) is 10.9. The molecule has 0 aliphatic heterocycles. The average molecular weight is 647 g/mol.